The van der Waals surface area contributed by atoms with Gasteiger partial charge in [0.1, 0.15) is 0 Å². The molecule has 0 amide bonds. The Hall–Kier alpha value is -1.74. The highest BCUT2D eigenvalue weighted by molar-refractivity contribution is 7.54. The van der Waals surface area contributed by atoms with Gasteiger partial charge in [-0.25, -0.2) is 0 Å². The summed E-state index contributed by atoms with van der Waals surface area (Å²) in [6, 6.07) is 18.3. The molecule has 5 heteroatoms. The van der Waals surface area contributed by atoms with Crippen LogP contribution in [0.5, 0.6) is 0 Å². The molecule has 0 heterocycles. The second kappa shape index (κ2) is 8.93. The average Bonchev–Trinajstić information content (AvgIpc) is 2.61. The van der Waals surface area contributed by atoms with Crippen molar-refractivity contribution in [2.45, 2.75) is 25.9 Å². The first-order valence-electron chi connectivity index (χ1n) is 8.12. The third-order valence-corrected chi connectivity index (χ3v) is 6.14. The SMILES string of the molecule is CCOP(=O)(OCC)C(CC(=O)c1ccccc1)c1ccccc1. The van der Waals surface area contributed by atoms with Crippen LogP contribution in [0.4, 0.5) is 0 Å². The van der Waals surface area contributed by atoms with Crippen LogP contribution in [0, 0.1) is 0 Å². The van der Waals surface area contributed by atoms with Crippen LogP contribution in [0.2, 0.25) is 0 Å². The van der Waals surface area contributed by atoms with Gasteiger partial charge in [0.25, 0.3) is 0 Å². The summed E-state index contributed by atoms with van der Waals surface area (Å²) in [6.45, 7) is 4.07. The second-order valence-electron chi connectivity index (χ2n) is 5.30. The molecule has 2 aromatic rings. The van der Waals surface area contributed by atoms with Crippen molar-refractivity contribution < 1.29 is 18.4 Å². The lowest BCUT2D eigenvalue weighted by Gasteiger charge is -2.26. The number of Topliss-reactive ketones (excluding diaryl/α,β-unsaturated/α-hetero) is 1. The smallest absolute Gasteiger partial charge is 0.308 e. The van der Waals surface area contributed by atoms with Crippen LogP contribution in [0.1, 0.15) is 41.8 Å². The largest absolute Gasteiger partial charge is 0.338 e. The predicted molar refractivity (Wildman–Crippen MR) is 95.4 cm³/mol. The fraction of sp³-hybridized carbons (Fsp3) is 0.316. The van der Waals surface area contributed by atoms with Crippen molar-refractivity contribution in [3.8, 4) is 0 Å². The van der Waals surface area contributed by atoms with Gasteiger partial charge in [-0.3, -0.25) is 9.36 Å². The molecule has 0 aliphatic carbocycles. The zero-order valence-corrected chi connectivity index (χ0v) is 14.9. The molecule has 1 atom stereocenters. The minimum Gasteiger partial charge on any atom is -0.308 e. The molecular formula is C19H23O4P. The Morgan fingerprint density at radius 1 is 0.917 bits per heavy atom. The van der Waals surface area contributed by atoms with E-state index in [9.17, 15) is 9.36 Å². The molecule has 0 radical (unpaired) electrons. The molecular weight excluding hydrogens is 323 g/mol. The number of rotatable bonds is 9. The summed E-state index contributed by atoms with van der Waals surface area (Å²) >= 11 is 0. The summed E-state index contributed by atoms with van der Waals surface area (Å²) in [5, 5.41) is 0. The number of carbonyl (C=O) groups excluding carboxylic acids is 1. The molecule has 2 rings (SSSR count). The van der Waals surface area contributed by atoms with E-state index < -0.39 is 13.3 Å². The molecule has 24 heavy (non-hydrogen) atoms. The van der Waals surface area contributed by atoms with Crippen LogP contribution in [-0.4, -0.2) is 19.0 Å². The van der Waals surface area contributed by atoms with Crippen LogP contribution in [0.3, 0.4) is 0 Å². The van der Waals surface area contributed by atoms with Crippen LogP contribution in [-0.2, 0) is 13.6 Å². The Morgan fingerprint density at radius 3 is 1.92 bits per heavy atom. The van der Waals surface area contributed by atoms with Crippen molar-refractivity contribution >= 4 is 13.4 Å². The summed E-state index contributed by atoms with van der Waals surface area (Å²) in [5.41, 5.74) is 0.760. The van der Waals surface area contributed by atoms with Gasteiger partial charge in [-0.2, -0.15) is 0 Å². The summed E-state index contributed by atoms with van der Waals surface area (Å²) in [7, 11) is -3.45. The fourth-order valence-corrected chi connectivity index (χ4v) is 4.66. The summed E-state index contributed by atoms with van der Waals surface area (Å²) < 4.78 is 24.3. The number of hydrogen-bond acceptors (Lipinski definition) is 4. The van der Waals surface area contributed by atoms with Crippen molar-refractivity contribution in [3.63, 3.8) is 0 Å². The maximum absolute atomic E-state index is 13.3. The Bertz CT molecular complexity index is 675. The van der Waals surface area contributed by atoms with E-state index in [2.05, 4.69) is 0 Å². The Kier molecular flexibility index (Phi) is 6.92. The standard InChI is InChI=1S/C19H23O4P/c1-3-22-24(21,23-4-2)19(17-13-9-6-10-14-17)15-18(20)16-11-7-5-8-12-16/h5-14,19H,3-4,15H2,1-2H3. The highest BCUT2D eigenvalue weighted by Gasteiger charge is 2.38. The highest BCUT2D eigenvalue weighted by Crippen LogP contribution is 2.62. The van der Waals surface area contributed by atoms with Crippen molar-refractivity contribution in [1.29, 1.82) is 0 Å². The van der Waals surface area contributed by atoms with Crippen molar-refractivity contribution in [3.05, 3.63) is 71.8 Å². The topological polar surface area (TPSA) is 52.6 Å². The molecule has 0 aromatic heterocycles. The zero-order chi connectivity index (χ0) is 17.4. The molecule has 0 bridgehead atoms. The molecule has 0 aliphatic heterocycles. The Morgan fingerprint density at radius 2 is 1.42 bits per heavy atom. The molecule has 2 aromatic carbocycles. The first-order chi connectivity index (χ1) is 11.6. The van der Waals surface area contributed by atoms with Crippen LogP contribution in [0.15, 0.2) is 60.7 Å². The third-order valence-electron chi connectivity index (χ3n) is 3.66. The molecule has 0 fully saturated rings. The quantitative estimate of drug-likeness (QED) is 0.459. The minimum absolute atomic E-state index is 0.0747. The lowest BCUT2D eigenvalue weighted by molar-refractivity contribution is 0.0973. The van der Waals surface area contributed by atoms with Gasteiger partial charge in [-0.05, 0) is 19.4 Å². The molecule has 0 spiro atoms. The minimum atomic E-state index is -3.45. The molecule has 0 saturated heterocycles. The van der Waals surface area contributed by atoms with Gasteiger partial charge in [-0.1, -0.05) is 60.7 Å². The van der Waals surface area contributed by atoms with Crippen molar-refractivity contribution in [1.82, 2.24) is 0 Å². The van der Waals surface area contributed by atoms with E-state index in [0.29, 0.717) is 5.56 Å². The van der Waals surface area contributed by atoms with Crippen LogP contribution in [0.25, 0.3) is 0 Å². The van der Waals surface area contributed by atoms with E-state index in [1.165, 1.54) is 0 Å². The second-order valence-corrected chi connectivity index (χ2v) is 7.51. The van der Waals surface area contributed by atoms with Crippen LogP contribution >= 0.6 is 7.60 Å². The number of carbonyl (C=O) groups is 1. The molecule has 1 unspecified atom stereocenters. The van der Waals surface area contributed by atoms with Crippen molar-refractivity contribution in [2.75, 3.05) is 13.2 Å². The summed E-state index contributed by atoms with van der Waals surface area (Å²) in [5.74, 6) is -0.0796. The molecule has 4 nitrogen and oxygen atoms in total. The average molecular weight is 346 g/mol. The normalized spacial score (nSPS) is 12.8. The summed E-state index contributed by atoms with van der Waals surface area (Å²) in [6.07, 6.45) is 0.0747. The number of hydrogen-bond donors (Lipinski definition) is 0. The van der Waals surface area contributed by atoms with E-state index in [0.717, 1.165) is 5.56 Å². The first-order valence-corrected chi connectivity index (χ1v) is 9.74. The van der Waals surface area contributed by atoms with Gasteiger partial charge < -0.3 is 9.05 Å². The fourth-order valence-electron chi connectivity index (χ4n) is 2.58. The molecule has 128 valence electrons. The number of benzene rings is 2. The van der Waals surface area contributed by atoms with E-state index in [-0.39, 0.29) is 25.4 Å². The summed E-state index contributed by atoms with van der Waals surface area (Å²) in [4.78, 5) is 12.7. The number of ketones is 1. The highest BCUT2D eigenvalue weighted by atomic mass is 31.2. The third kappa shape index (κ3) is 4.64. The molecule has 0 N–H and O–H groups in total. The lowest BCUT2D eigenvalue weighted by atomic mass is 10.0. The Labute approximate surface area is 143 Å². The molecule has 0 aliphatic rings. The van der Waals surface area contributed by atoms with Crippen molar-refractivity contribution in [2.24, 2.45) is 0 Å². The van der Waals surface area contributed by atoms with E-state index in [1.807, 2.05) is 48.5 Å². The van der Waals surface area contributed by atoms with Gasteiger partial charge in [0, 0.05) is 12.0 Å². The predicted octanol–water partition coefficient (Wildman–Crippen LogP) is 5.27. The maximum Gasteiger partial charge on any atom is 0.338 e. The van der Waals surface area contributed by atoms with E-state index >= 15 is 0 Å². The molecule has 0 saturated carbocycles. The zero-order valence-electron chi connectivity index (χ0n) is 14.1. The van der Waals surface area contributed by atoms with Gasteiger partial charge in [0.15, 0.2) is 5.78 Å². The lowest BCUT2D eigenvalue weighted by Crippen LogP contribution is -2.12. The van der Waals surface area contributed by atoms with Crippen LogP contribution < -0.4 is 0 Å². The maximum atomic E-state index is 13.3. The van der Waals surface area contributed by atoms with Gasteiger partial charge in [0.05, 0.1) is 18.9 Å². The van der Waals surface area contributed by atoms with E-state index in [4.69, 9.17) is 9.05 Å². The van der Waals surface area contributed by atoms with Gasteiger partial charge in [-0.15, -0.1) is 0 Å². The Balaban J connectivity index is 2.36. The monoisotopic (exact) mass is 346 g/mol. The van der Waals surface area contributed by atoms with Gasteiger partial charge >= 0.3 is 7.60 Å². The van der Waals surface area contributed by atoms with Gasteiger partial charge in [0.2, 0.25) is 0 Å². The van der Waals surface area contributed by atoms with E-state index in [1.54, 1.807) is 26.0 Å². The first kappa shape index (κ1) is 18.6.